The molecule has 0 radical (unpaired) electrons. The van der Waals surface area contributed by atoms with Gasteiger partial charge in [0.05, 0.1) is 12.3 Å². The minimum Gasteiger partial charge on any atom is -0.325 e. The van der Waals surface area contributed by atoms with Gasteiger partial charge in [-0.2, -0.15) is 0 Å². The molecule has 30 heavy (non-hydrogen) atoms. The molecule has 0 unspecified atom stereocenters. The van der Waals surface area contributed by atoms with Crippen molar-refractivity contribution in [2.45, 2.75) is 25.0 Å². The highest BCUT2D eigenvalue weighted by atomic mass is 32.2. The average Bonchev–Trinajstić information content (AvgIpc) is 3.44. The summed E-state index contributed by atoms with van der Waals surface area (Å²) in [7, 11) is 0. The van der Waals surface area contributed by atoms with Crippen molar-refractivity contribution in [3.8, 4) is 5.95 Å². The van der Waals surface area contributed by atoms with E-state index in [4.69, 9.17) is 0 Å². The van der Waals surface area contributed by atoms with Gasteiger partial charge in [-0.05, 0) is 41.8 Å². The number of nitrogens with one attached hydrogen (secondary N) is 1. The second kappa shape index (κ2) is 9.45. The van der Waals surface area contributed by atoms with Crippen LogP contribution in [0.2, 0.25) is 0 Å². The first kappa shape index (κ1) is 20.0. The molecule has 1 N–H and O–H groups in total. The quantitative estimate of drug-likeness (QED) is 0.431. The minimum atomic E-state index is -0.0685. The number of nitrogens with zero attached hydrogens (tertiary/aromatic N) is 4. The fourth-order valence-electron chi connectivity index (χ4n) is 3.10. The lowest BCUT2D eigenvalue weighted by Crippen LogP contribution is -2.15. The monoisotopic (exact) mass is 417 g/mol. The van der Waals surface area contributed by atoms with Crippen molar-refractivity contribution in [2.75, 3.05) is 11.1 Å². The van der Waals surface area contributed by atoms with Gasteiger partial charge in [-0.15, -0.1) is 10.2 Å². The van der Waals surface area contributed by atoms with E-state index in [0.717, 1.165) is 23.6 Å². The molecular formula is C23H23N5OS. The molecule has 0 saturated heterocycles. The zero-order valence-electron chi connectivity index (χ0n) is 16.7. The van der Waals surface area contributed by atoms with Crippen LogP contribution in [0.3, 0.4) is 0 Å². The lowest BCUT2D eigenvalue weighted by atomic mass is 10.1. The second-order valence-corrected chi connectivity index (χ2v) is 7.77. The zero-order chi connectivity index (χ0) is 20.8. The van der Waals surface area contributed by atoms with Crippen LogP contribution in [0.4, 0.5) is 5.69 Å². The molecule has 2 aromatic heterocycles. The average molecular weight is 418 g/mol. The van der Waals surface area contributed by atoms with Crippen LogP contribution < -0.4 is 5.32 Å². The van der Waals surface area contributed by atoms with Crippen LogP contribution in [0.25, 0.3) is 5.95 Å². The van der Waals surface area contributed by atoms with Gasteiger partial charge in [-0.25, -0.2) is 0 Å². The number of hydrogen-bond acceptors (Lipinski definition) is 4. The molecule has 4 rings (SSSR count). The molecule has 0 aliphatic heterocycles. The number of hydrogen-bond donors (Lipinski definition) is 1. The number of anilines is 1. The molecule has 0 fully saturated rings. The predicted octanol–water partition coefficient (Wildman–Crippen LogP) is 4.41. The van der Waals surface area contributed by atoms with E-state index < -0.39 is 0 Å². The summed E-state index contributed by atoms with van der Waals surface area (Å²) in [6, 6.07) is 22.0. The highest BCUT2D eigenvalue weighted by Crippen LogP contribution is 2.21. The van der Waals surface area contributed by atoms with Crippen molar-refractivity contribution in [3.63, 3.8) is 0 Å². The van der Waals surface area contributed by atoms with E-state index in [1.54, 1.807) is 0 Å². The van der Waals surface area contributed by atoms with Gasteiger partial charge >= 0.3 is 0 Å². The number of aryl methyl sites for hydroxylation is 1. The Kier molecular flexibility index (Phi) is 6.29. The molecule has 6 nitrogen and oxygen atoms in total. The van der Waals surface area contributed by atoms with E-state index in [1.807, 2.05) is 76.1 Å². The Morgan fingerprint density at radius 2 is 1.67 bits per heavy atom. The fraction of sp³-hybridized carbons (Fsp3) is 0.174. The summed E-state index contributed by atoms with van der Waals surface area (Å²) in [6.07, 6.45) is 4.85. The predicted molar refractivity (Wildman–Crippen MR) is 120 cm³/mol. The zero-order valence-corrected chi connectivity index (χ0v) is 17.5. The van der Waals surface area contributed by atoms with Crippen molar-refractivity contribution in [2.24, 2.45) is 0 Å². The highest BCUT2D eigenvalue weighted by Gasteiger charge is 2.16. The minimum absolute atomic E-state index is 0.0685. The third kappa shape index (κ3) is 4.80. The first-order chi connectivity index (χ1) is 14.7. The van der Waals surface area contributed by atoms with Gasteiger partial charge in [0.25, 0.3) is 0 Å². The van der Waals surface area contributed by atoms with Gasteiger partial charge in [0.1, 0.15) is 0 Å². The van der Waals surface area contributed by atoms with Gasteiger partial charge in [0.15, 0.2) is 5.16 Å². The van der Waals surface area contributed by atoms with Crippen LogP contribution in [0.5, 0.6) is 0 Å². The normalized spacial score (nSPS) is 10.8. The number of benzene rings is 2. The van der Waals surface area contributed by atoms with Crippen molar-refractivity contribution in [1.82, 2.24) is 19.3 Å². The number of thioether (sulfide) groups is 1. The SMILES string of the molecule is CCc1ccc(NC(=O)CSc2nnc(-n3cccc3)n2Cc2ccccc2)cc1. The Hall–Kier alpha value is -3.32. The summed E-state index contributed by atoms with van der Waals surface area (Å²) >= 11 is 1.38. The molecule has 0 bridgehead atoms. The lowest BCUT2D eigenvalue weighted by Gasteiger charge is -2.11. The number of rotatable bonds is 8. The first-order valence-electron chi connectivity index (χ1n) is 9.85. The van der Waals surface area contributed by atoms with E-state index in [0.29, 0.717) is 11.7 Å². The molecule has 2 heterocycles. The molecule has 4 aromatic rings. The molecule has 152 valence electrons. The summed E-state index contributed by atoms with van der Waals surface area (Å²) in [5.41, 5.74) is 3.19. The topological polar surface area (TPSA) is 64.7 Å². The second-order valence-electron chi connectivity index (χ2n) is 6.83. The van der Waals surface area contributed by atoms with E-state index in [1.165, 1.54) is 17.3 Å². The van der Waals surface area contributed by atoms with Crippen LogP contribution >= 0.6 is 11.8 Å². The van der Waals surface area contributed by atoms with Crippen molar-refractivity contribution < 1.29 is 4.79 Å². The van der Waals surface area contributed by atoms with Gasteiger partial charge in [-0.3, -0.25) is 13.9 Å². The van der Waals surface area contributed by atoms with Crippen LogP contribution in [0.1, 0.15) is 18.1 Å². The van der Waals surface area contributed by atoms with Gasteiger partial charge in [0.2, 0.25) is 11.9 Å². The number of carbonyl (C=O) groups excluding carboxylic acids is 1. The van der Waals surface area contributed by atoms with Crippen molar-refractivity contribution in [3.05, 3.63) is 90.3 Å². The molecule has 0 atom stereocenters. The van der Waals surface area contributed by atoms with Crippen LogP contribution in [-0.2, 0) is 17.8 Å². The third-order valence-corrected chi connectivity index (χ3v) is 5.66. The molecular weight excluding hydrogens is 394 g/mol. The van der Waals surface area contributed by atoms with E-state index in [2.05, 4.69) is 34.6 Å². The molecule has 1 amide bonds. The summed E-state index contributed by atoms with van der Waals surface area (Å²) in [6.45, 7) is 2.74. The fourth-order valence-corrected chi connectivity index (χ4v) is 3.83. The number of aromatic nitrogens is 4. The molecule has 0 aliphatic carbocycles. The molecule has 2 aromatic carbocycles. The maximum atomic E-state index is 12.5. The Labute approximate surface area is 180 Å². The molecule has 0 spiro atoms. The van der Waals surface area contributed by atoms with Gasteiger partial charge in [0, 0.05) is 18.1 Å². The smallest absolute Gasteiger partial charge is 0.236 e. The summed E-state index contributed by atoms with van der Waals surface area (Å²) in [5.74, 6) is 0.914. The Balaban J connectivity index is 1.48. The molecule has 7 heteroatoms. The molecule has 0 saturated carbocycles. The van der Waals surface area contributed by atoms with Crippen LogP contribution in [-0.4, -0.2) is 31.0 Å². The van der Waals surface area contributed by atoms with E-state index >= 15 is 0 Å². The maximum Gasteiger partial charge on any atom is 0.236 e. The maximum absolute atomic E-state index is 12.5. The third-order valence-electron chi connectivity index (χ3n) is 4.69. The van der Waals surface area contributed by atoms with Crippen LogP contribution in [0, 0.1) is 0 Å². The van der Waals surface area contributed by atoms with Gasteiger partial charge in [-0.1, -0.05) is 61.2 Å². The number of carbonyl (C=O) groups is 1. The summed E-state index contributed by atoms with van der Waals surface area (Å²) in [4.78, 5) is 12.5. The first-order valence-corrected chi connectivity index (χ1v) is 10.8. The largest absolute Gasteiger partial charge is 0.325 e. The Bertz CT molecular complexity index is 1090. The molecule has 0 aliphatic rings. The van der Waals surface area contributed by atoms with E-state index in [9.17, 15) is 4.79 Å². The Morgan fingerprint density at radius 1 is 0.933 bits per heavy atom. The Morgan fingerprint density at radius 3 is 2.37 bits per heavy atom. The number of amides is 1. The van der Waals surface area contributed by atoms with Gasteiger partial charge < -0.3 is 5.32 Å². The van der Waals surface area contributed by atoms with Crippen molar-refractivity contribution in [1.29, 1.82) is 0 Å². The standard InChI is InChI=1S/C23H23N5OS/c1-2-18-10-12-20(13-11-18)24-21(29)17-30-23-26-25-22(27-14-6-7-15-27)28(23)16-19-8-4-3-5-9-19/h3-15H,2,16-17H2,1H3,(H,24,29). The van der Waals surface area contributed by atoms with E-state index in [-0.39, 0.29) is 11.7 Å². The lowest BCUT2D eigenvalue weighted by molar-refractivity contribution is -0.113. The highest BCUT2D eigenvalue weighted by molar-refractivity contribution is 7.99. The summed E-state index contributed by atoms with van der Waals surface area (Å²) in [5, 5.41) is 12.4. The summed E-state index contributed by atoms with van der Waals surface area (Å²) < 4.78 is 3.96. The van der Waals surface area contributed by atoms with Crippen molar-refractivity contribution >= 4 is 23.4 Å². The van der Waals surface area contributed by atoms with Crippen LogP contribution in [0.15, 0.2) is 84.3 Å².